The Morgan fingerprint density at radius 2 is 2.06 bits per heavy atom. The van der Waals surface area contributed by atoms with Crippen molar-refractivity contribution in [3.8, 4) is 11.5 Å². The molecule has 174 valence electrons. The Morgan fingerprint density at radius 1 is 1.24 bits per heavy atom. The molecule has 2 aromatic rings. The minimum Gasteiger partial charge on any atom is -0.504 e. The molecule has 0 radical (unpaired) electrons. The smallest absolute Gasteiger partial charge is 0.317 e. The van der Waals surface area contributed by atoms with E-state index in [1.54, 1.807) is 11.0 Å². The molecule has 8 heteroatoms. The fourth-order valence-corrected chi connectivity index (χ4v) is 5.32. The van der Waals surface area contributed by atoms with E-state index < -0.39 is 5.60 Å². The molecule has 2 aromatic carbocycles. The first-order valence-corrected chi connectivity index (χ1v) is 11.5. The lowest BCUT2D eigenvalue weighted by atomic mass is 9.82. The van der Waals surface area contributed by atoms with Gasteiger partial charge in [-0.25, -0.2) is 4.79 Å². The monoisotopic (exact) mass is 451 g/mol. The number of aromatic hydroxyl groups is 2. The lowest BCUT2D eigenvalue weighted by molar-refractivity contribution is -0.139. The highest BCUT2D eigenvalue weighted by atomic mass is 16.5. The normalized spacial score (nSPS) is 23.8. The van der Waals surface area contributed by atoms with E-state index in [1.165, 1.54) is 12.1 Å². The van der Waals surface area contributed by atoms with Crippen molar-refractivity contribution in [1.82, 2.24) is 10.2 Å². The molecule has 2 unspecified atom stereocenters. The van der Waals surface area contributed by atoms with Crippen LogP contribution in [0.5, 0.6) is 11.5 Å². The largest absolute Gasteiger partial charge is 0.504 e. The second-order valence-corrected chi connectivity index (χ2v) is 9.42. The number of rotatable bonds is 4. The first-order chi connectivity index (χ1) is 15.8. The third kappa shape index (κ3) is 3.40. The minimum absolute atomic E-state index is 0.0712. The van der Waals surface area contributed by atoms with Crippen molar-refractivity contribution in [3.05, 3.63) is 53.1 Å². The minimum atomic E-state index is -1.34. The van der Waals surface area contributed by atoms with E-state index in [2.05, 4.69) is 5.32 Å². The Hall–Kier alpha value is -3.26. The molecular formula is C25H29N3O5. The maximum atomic E-state index is 14.0. The molecule has 1 saturated heterocycles. The van der Waals surface area contributed by atoms with Crippen LogP contribution in [0.4, 0.5) is 10.5 Å². The highest BCUT2D eigenvalue weighted by molar-refractivity contribution is 6.10. The summed E-state index contributed by atoms with van der Waals surface area (Å²) >= 11 is 0. The van der Waals surface area contributed by atoms with E-state index in [1.807, 2.05) is 36.9 Å². The number of carbonyl (C=O) groups excluding carboxylic acids is 2. The average Bonchev–Trinajstić information content (AvgIpc) is 3.35. The van der Waals surface area contributed by atoms with Crippen LogP contribution in [0.2, 0.25) is 0 Å². The van der Waals surface area contributed by atoms with Gasteiger partial charge in [-0.05, 0) is 56.4 Å². The van der Waals surface area contributed by atoms with Crippen molar-refractivity contribution in [2.45, 2.75) is 38.3 Å². The van der Waals surface area contributed by atoms with Crippen molar-refractivity contribution < 1.29 is 24.5 Å². The second kappa shape index (κ2) is 7.95. The number of hydrogen-bond donors (Lipinski definition) is 3. The zero-order valence-corrected chi connectivity index (χ0v) is 18.9. The van der Waals surface area contributed by atoms with E-state index in [-0.39, 0.29) is 35.4 Å². The van der Waals surface area contributed by atoms with Gasteiger partial charge in [-0.1, -0.05) is 18.2 Å². The summed E-state index contributed by atoms with van der Waals surface area (Å²) in [6, 6.07) is 10.3. The van der Waals surface area contributed by atoms with Crippen molar-refractivity contribution in [2.75, 3.05) is 31.1 Å². The molecule has 3 N–H and O–H groups in total. The van der Waals surface area contributed by atoms with Gasteiger partial charge >= 0.3 is 6.03 Å². The molecule has 0 bridgehead atoms. The molecule has 3 heterocycles. The lowest BCUT2D eigenvalue weighted by Crippen LogP contribution is -2.47. The van der Waals surface area contributed by atoms with E-state index in [4.69, 9.17) is 4.74 Å². The topological polar surface area (TPSA) is 102 Å². The van der Waals surface area contributed by atoms with E-state index >= 15 is 0 Å². The molecule has 3 amide bonds. The fraction of sp³-hybridized carbons (Fsp3) is 0.440. The Kier molecular flexibility index (Phi) is 5.20. The number of urea groups is 1. The number of likely N-dealkylation sites (tertiary alicyclic amines) is 1. The molecule has 1 fully saturated rings. The molecule has 2 atom stereocenters. The molecule has 8 nitrogen and oxygen atoms in total. The summed E-state index contributed by atoms with van der Waals surface area (Å²) < 4.78 is 6.23. The van der Waals surface area contributed by atoms with Crippen LogP contribution < -0.4 is 10.2 Å². The summed E-state index contributed by atoms with van der Waals surface area (Å²) in [6.07, 6.45) is 1.51. The van der Waals surface area contributed by atoms with Crippen molar-refractivity contribution in [3.63, 3.8) is 0 Å². The van der Waals surface area contributed by atoms with Gasteiger partial charge in [0.15, 0.2) is 17.1 Å². The molecule has 0 spiro atoms. The Balaban J connectivity index is 1.48. The summed E-state index contributed by atoms with van der Waals surface area (Å²) in [5.41, 5.74) is 1.84. The van der Waals surface area contributed by atoms with Gasteiger partial charge in [-0.3, -0.25) is 4.79 Å². The van der Waals surface area contributed by atoms with Gasteiger partial charge in [0.05, 0.1) is 12.3 Å². The van der Waals surface area contributed by atoms with Gasteiger partial charge in [0.25, 0.3) is 5.91 Å². The standard InChI is InChI=1S/C25H29N3O5/c1-15(2)26-24(32)27-10-8-16(13-27)14-28-19-5-3-4-17-9-11-33-25(22(17)19,23(28)31)18-6-7-20(29)21(30)12-18/h3-7,12,15-16,29-30H,8-11,13-14H2,1-2H3,(H,26,32). The first kappa shape index (κ1) is 21.6. The van der Waals surface area contributed by atoms with E-state index in [0.29, 0.717) is 38.2 Å². The number of ether oxygens (including phenoxy) is 1. The molecule has 3 aliphatic heterocycles. The molecule has 0 aromatic heterocycles. The third-order valence-electron chi connectivity index (χ3n) is 6.82. The second-order valence-electron chi connectivity index (χ2n) is 9.42. The zero-order chi connectivity index (χ0) is 23.3. The molecule has 5 rings (SSSR count). The number of nitrogens with one attached hydrogen (secondary N) is 1. The van der Waals surface area contributed by atoms with Crippen molar-refractivity contribution in [2.24, 2.45) is 5.92 Å². The van der Waals surface area contributed by atoms with Crippen LogP contribution in [0.1, 0.15) is 37.0 Å². The van der Waals surface area contributed by atoms with Crippen molar-refractivity contribution >= 4 is 17.6 Å². The quantitative estimate of drug-likeness (QED) is 0.621. The number of anilines is 1. The summed E-state index contributed by atoms with van der Waals surface area (Å²) in [7, 11) is 0. The Morgan fingerprint density at radius 3 is 2.82 bits per heavy atom. The van der Waals surface area contributed by atoms with Gasteiger partial charge in [0.1, 0.15) is 0 Å². The molecule has 0 saturated carbocycles. The Labute approximate surface area is 192 Å². The van der Waals surface area contributed by atoms with Gasteiger partial charge in [-0.2, -0.15) is 0 Å². The van der Waals surface area contributed by atoms with Crippen molar-refractivity contribution in [1.29, 1.82) is 0 Å². The summed E-state index contributed by atoms with van der Waals surface area (Å²) in [6.45, 7) is 5.98. The van der Waals surface area contributed by atoms with Gasteiger partial charge in [-0.15, -0.1) is 0 Å². The third-order valence-corrected chi connectivity index (χ3v) is 6.82. The number of nitrogens with zero attached hydrogens (tertiary/aromatic N) is 2. The van der Waals surface area contributed by atoms with Crippen LogP contribution in [0.15, 0.2) is 36.4 Å². The van der Waals surface area contributed by atoms with Crippen LogP contribution >= 0.6 is 0 Å². The lowest BCUT2D eigenvalue weighted by Gasteiger charge is -2.34. The maximum Gasteiger partial charge on any atom is 0.317 e. The van der Waals surface area contributed by atoms with Gasteiger partial charge < -0.3 is 30.1 Å². The number of phenolic OH excluding ortho intramolecular Hbond substituents is 2. The molecular weight excluding hydrogens is 422 g/mol. The summed E-state index contributed by atoms with van der Waals surface area (Å²) in [5, 5.41) is 22.9. The summed E-state index contributed by atoms with van der Waals surface area (Å²) in [4.78, 5) is 30.0. The van der Waals surface area contributed by atoms with Crippen LogP contribution in [0.25, 0.3) is 0 Å². The van der Waals surface area contributed by atoms with Gasteiger partial charge in [0, 0.05) is 36.8 Å². The SMILES string of the molecule is CC(C)NC(=O)N1CCC(CN2C(=O)C3(c4ccc(O)c(O)c4)OCCc4cccc2c43)C1. The zero-order valence-electron chi connectivity index (χ0n) is 18.9. The predicted octanol–water partition coefficient (Wildman–Crippen LogP) is 2.70. The predicted molar refractivity (Wildman–Crippen MR) is 122 cm³/mol. The highest BCUT2D eigenvalue weighted by Gasteiger charge is 2.56. The number of carbonyl (C=O) groups is 2. The average molecular weight is 452 g/mol. The molecule has 0 aliphatic carbocycles. The number of hydrogen-bond acceptors (Lipinski definition) is 5. The first-order valence-electron chi connectivity index (χ1n) is 11.5. The van der Waals surface area contributed by atoms with E-state index in [9.17, 15) is 19.8 Å². The van der Waals surface area contributed by atoms with Crippen LogP contribution in [0.3, 0.4) is 0 Å². The number of phenols is 2. The van der Waals surface area contributed by atoms with Crippen LogP contribution in [-0.4, -0.2) is 59.3 Å². The summed E-state index contributed by atoms with van der Waals surface area (Å²) in [5.74, 6) is -0.579. The highest BCUT2D eigenvalue weighted by Crippen LogP contribution is 2.52. The molecule has 33 heavy (non-hydrogen) atoms. The van der Waals surface area contributed by atoms with Crippen LogP contribution in [0, 0.1) is 5.92 Å². The Bertz CT molecular complexity index is 1120. The number of benzene rings is 2. The van der Waals surface area contributed by atoms with Crippen LogP contribution in [-0.2, 0) is 21.6 Å². The maximum absolute atomic E-state index is 14.0. The van der Waals surface area contributed by atoms with Gasteiger partial charge in [0.2, 0.25) is 0 Å². The molecule has 3 aliphatic rings. The fourth-order valence-electron chi connectivity index (χ4n) is 5.32. The number of amides is 3. The van der Waals surface area contributed by atoms with E-state index in [0.717, 1.165) is 23.2 Å².